The average Bonchev–Trinajstić information content (AvgIpc) is 2.47. The molecule has 1 aliphatic heterocycles. The number of epoxide rings is 1. The second-order valence-electron chi connectivity index (χ2n) is 3.57. The van der Waals surface area contributed by atoms with Crippen LogP contribution in [0, 0.1) is 0 Å². The first kappa shape index (κ1) is 6.62. The van der Waals surface area contributed by atoms with Gasteiger partial charge in [0.1, 0.15) is 5.60 Å². The predicted molar refractivity (Wildman–Crippen MR) is 37.9 cm³/mol. The van der Waals surface area contributed by atoms with Crippen molar-refractivity contribution in [1.29, 1.82) is 0 Å². The lowest BCUT2D eigenvalue weighted by Gasteiger charge is -2.43. The van der Waals surface area contributed by atoms with Crippen molar-refractivity contribution in [3.63, 3.8) is 0 Å². The highest BCUT2D eigenvalue weighted by atomic mass is 16.6. The summed E-state index contributed by atoms with van der Waals surface area (Å²) in [6.07, 6.45) is 3.66. The van der Waals surface area contributed by atoms with Gasteiger partial charge in [-0.1, -0.05) is 0 Å². The molecule has 2 heteroatoms. The fourth-order valence-electron chi connectivity index (χ4n) is 1.82. The van der Waals surface area contributed by atoms with Crippen LogP contribution in [0.4, 0.5) is 0 Å². The molecule has 0 N–H and O–H groups in total. The lowest BCUT2D eigenvalue weighted by atomic mass is 9.71. The molecule has 0 aromatic rings. The Morgan fingerprint density at radius 2 is 2.00 bits per heavy atom. The van der Waals surface area contributed by atoms with Crippen LogP contribution in [0.2, 0.25) is 0 Å². The van der Waals surface area contributed by atoms with Gasteiger partial charge in [0.15, 0.2) is 0 Å². The van der Waals surface area contributed by atoms with Crippen molar-refractivity contribution in [3.05, 3.63) is 0 Å². The van der Waals surface area contributed by atoms with Crippen molar-refractivity contribution in [3.8, 4) is 0 Å². The molecule has 58 valence electrons. The number of hydrogen-bond acceptors (Lipinski definition) is 2. The van der Waals surface area contributed by atoms with Gasteiger partial charge in [-0.2, -0.15) is 0 Å². The van der Waals surface area contributed by atoms with Gasteiger partial charge in [0.25, 0.3) is 0 Å². The zero-order chi connectivity index (χ0) is 7.24. The summed E-state index contributed by atoms with van der Waals surface area (Å²) >= 11 is 0. The SMILES string of the molecule is COC1(C2(C)CO2)CCC1. The minimum absolute atomic E-state index is 0.0694. The molecule has 1 saturated heterocycles. The molecule has 0 bridgehead atoms. The fourth-order valence-corrected chi connectivity index (χ4v) is 1.82. The first-order valence-corrected chi connectivity index (χ1v) is 3.92. The average molecular weight is 142 g/mol. The van der Waals surface area contributed by atoms with E-state index in [0.717, 1.165) is 6.61 Å². The molecule has 0 radical (unpaired) electrons. The smallest absolute Gasteiger partial charge is 0.118 e. The van der Waals surface area contributed by atoms with E-state index in [4.69, 9.17) is 9.47 Å². The summed E-state index contributed by atoms with van der Waals surface area (Å²) in [6, 6.07) is 0. The molecular formula is C8H14O2. The van der Waals surface area contributed by atoms with Crippen molar-refractivity contribution in [1.82, 2.24) is 0 Å². The number of ether oxygens (including phenoxy) is 2. The Labute approximate surface area is 61.5 Å². The van der Waals surface area contributed by atoms with Crippen LogP contribution < -0.4 is 0 Å². The highest BCUT2D eigenvalue weighted by Crippen LogP contribution is 2.51. The Kier molecular flexibility index (Phi) is 1.15. The third kappa shape index (κ3) is 0.611. The second kappa shape index (κ2) is 1.74. The second-order valence-corrected chi connectivity index (χ2v) is 3.57. The van der Waals surface area contributed by atoms with Crippen LogP contribution in [0.1, 0.15) is 26.2 Å². The summed E-state index contributed by atoms with van der Waals surface area (Å²) in [7, 11) is 1.80. The number of rotatable bonds is 2. The van der Waals surface area contributed by atoms with E-state index in [0.29, 0.717) is 0 Å². The largest absolute Gasteiger partial charge is 0.375 e. The molecule has 1 unspecified atom stereocenters. The zero-order valence-corrected chi connectivity index (χ0v) is 6.64. The maximum atomic E-state index is 5.48. The monoisotopic (exact) mass is 142 g/mol. The Morgan fingerprint density at radius 3 is 2.10 bits per heavy atom. The van der Waals surface area contributed by atoms with Crippen LogP contribution in [-0.2, 0) is 9.47 Å². The molecule has 1 saturated carbocycles. The Bertz CT molecular complexity index is 140. The van der Waals surface area contributed by atoms with Crippen LogP contribution in [-0.4, -0.2) is 24.9 Å². The van der Waals surface area contributed by atoms with Crippen LogP contribution in [0.15, 0.2) is 0 Å². The van der Waals surface area contributed by atoms with Crippen molar-refractivity contribution >= 4 is 0 Å². The molecule has 1 aliphatic carbocycles. The maximum Gasteiger partial charge on any atom is 0.118 e. The molecule has 2 aliphatic rings. The van der Waals surface area contributed by atoms with Crippen molar-refractivity contribution in [2.45, 2.75) is 37.4 Å². The lowest BCUT2D eigenvalue weighted by molar-refractivity contribution is -0.120. The molecule has 2 fully saturated rings. The van der Waals surface area contributed by atoms with E-state index >= 15 is 0 Å². The van der Waals surface area contributed by atoms with Gasteiger partial charge in [0.05, 0.1) is 12.2 Å². The van der Waals surface area contributed by atoms with E-state index < -0.39 is 0 Å². The maximum absolute atomic E-state index is 5.48. The van der Waals surface area contributed by atoms with E-state index in [1.54, 1.807) is 7.11 Å². The molecule has 0 aromatic carbocycles. The van der Waals surface area contributed by atoms with Crippen molar-refractivity contribution in [2.24, 2.45) is 0 Å². The highest BCUT2D eigenvalue weighted by Gasteiger charge is 2.61. The molecule has 10 heavy (non-hydrogen) atoms. The van der Waals surface area contributed by atoms with Gasteiger partial charge < -0.3 is 9.47 Å². The fraction of sp³-hybridized carbons (Fsp3) is 1.00. The summed E-state index contributed by atoms with van der Waals surface area (Å²) in [5, 5.41) is 0. The first-order chi connectivity index (χ1) is 4.72. The Morgan fingerprint density at radius 1 is 1.40 bits per heavy atom. The van der Waals surface area contributed by atoms with Gasteiger partial charge in [-0.05, 0) is 26.2 Å². The molecule has 0 amide bonds. The number of hydrogen-bond donors (Lipinski definition) is 0. The van der Waals surface area contributed by atoms with E-state index in [9.17, 15) is 0 Å². The van der Waals surface area contributed by atoms with E-state index in [1.807, 2.05) is 0 Å². The van der Waals surface area contributed by atoms with Crippen LogP contribution >= 0.6 is 0 Å². The van der Waals surface area contributed by atoms with Crippen LogP contribution in [0.25, 0.3) is 0 Å². The standard InChI is InChI=1S/C8H14O2/c1-7(6-10-7)8(9-2)4-3-5-8/h3-6H2,1-2H3. The Hall–Kier alpha value is -0.0800. The van der Waals surface area contributed by atoms with Gasteiger partial charge in [-0.25, -0.2) is 0 Å². The highest BCUT2D eigenvalue weighted by molar-refractivity contribution is 5.11. The summed E-state index contributed by atoms with van der Waals surface area (Å²) < 4.78 is 10.8. The summed E-state index contributed by atoms with van der Waals surface area (Å²) in [6.45, 7) is 3.04. The molecule has 1 atom stereocenters. The van der Waals surface area contributed by atoms with E-state index in [1.165, 1.54) is 19.3 Å². The van der Waals surface area contributed by atoms with Gasteiger partial charge in [-0.3, -0.25) is 0 Å². The minimum atomic E-state index is 0.0694. The van der Waals surface area contributed by atoms with E-state index in [2.05, 4.69) is 6.92 Å². The van der Waals surface area contributed by atoms with E-state index in [-0.39, 0.29) is 11.2 Å². The quantitative estimate of drug-likeness (QED) is 0.543. The molecule has 0 aromatic heterocycles. The predicted octanol–water partition coefficient (Wildman–Crippen LogP) is 1.34. The molecule has 1 heterocycles. The topological polar surface area (TPSA) is 21.8 Å². The first-order valence-electron chi connectivity index (χ1n) is 3.92. The van der Waals surface area contributed by atoms with Crippen LogP contribution in [0.5, 0.6) is 0 Å². The normalized spacial score (nSPS) is 42.6. The third-order valence-electron chi connectivity index (χ3n) is 3.09. The minimum Gasteiger partial charge on any atom is -0.375 e. The zero-order valence-electron chi connectivity index (χ0n) is 6.64. The van der Waals surface area contributed by atoms with Crippen LogP contribution in [0.3, 0.4) is 0 Å². The molecule has 2 nitrogen and oxygen atoms in total. The van der Waals surface area contributed by atoms with Crippen molar-refractivity contribution in [2.75, 3.05) is 13.7 Å². The van der Waals surface area contributed by atoms with Gasteiger partial charge in [0, 0.05) is 7.11 Å². The lowest BCUT2D eigenvalue weighted by Crippen LogP contribution is -2.51. The molecule has 0 spiro atoms. The van der Waals surface area contributed by atoms with Gasteiger partial charge in [0.2, 0.25) is 0 Å². The Balaban J connectivity index is 2.11. The third-order valence-corrected chi connectivity index (χ3v) is 3.09. The molecular weight excluding hydrogens is 128 g/mol. The van der Waals surface area contributed by atoms with Crippen molar-refractivity contribution < 1.29 is 9.47 Å². The molecule has 2 rings (SSSR count). The summed E-state index contributed by atoms with van der Waals surface area (Å²) in [5.41, 5.74) is 0.160. The van der Waals surface area contributed by atoms with Gasteiger partial charge in [-0.15, -0.1) is 0 Å². The number of methoxy groups -OCH3 is 1. The summed E-state index contributed by atoms with van der Waals surface area (Å²) in [5.74, 6) is 0. The van der Waals surface area contributed by atoms with Gasteiger partial charge >= 0.3 is 0 Å². The summed E-state index contributed by atoms with van der Waals surface area (Å²) in [4.78, 5) is 0.